The summed E-state index contributed by atoms with van der Waals surface area (Å²) in [5, 5.41) is 2.79. The van der Waals surface area contributed by atoms with E-state index in [0.717, 1.165) is 0 Å². The predicted octanol–water partition coefficient (Wildman–Crippen LogP) is 11.8. The number of hydrogen-bond donors (Lipinski definition) is 0. The first-order chi connectivity index (χ1) is 16.8. The molecule has 182 valence electrons. The fourth-order valence-corrected chi connectivity index (χ4v) is 5.60. The molecular weight excluding hydrogens is 428 g/mol. The van der Waals surface area contributed by atoms with Crippen molar-refractivity contribution in [2.75, 3.05) is 0 Å². The predicted molar refractivity (Wildman–Crippen MR) is 162 cm³/mol. The molecule has 4 aromatic carbocycles. The first-order valence-corrected chi connectivity index (χ1v) is 14.1. The second kappa shape index (κ2) is 19.6. The van der Waals surface area contributed by atoms with Crippen molar-refractivity contribution in [3.05, 3.63) is 115 Å². The van der Waals surface area contributed by atoms with Crippen LogP contribution in [0.1, 0.15) is 61.0 Å². The Balaban J connectivity index is 0.000000611. The average Bonchev–Trinajstić information content (AvgIpc) is 3.29. The largest absolute Gasteiger partial charge is 0.187 e. The monoisotopic (exact) mass is 473 g/mol. The van der Waals surface area contributed by atoms with Crippen LogP contribution in [0, 0.1) is 6.92 Å². The zero-order valence-electron chi connectivity index (χ0n) is 22.8. The van der Waals surface area contributed by atoms with E-state index in [0.29, 0.717) is 0 Å². The lowest BCUT2D eigenvalue weighted by molar-refractivity contribution is 1.48. The summed E-state index contributed by atoms with van der Waals surface area (Å²) in [5.41, 5.74) is 1.32. The third-order valence-electron chi connectivity index (χ3n) is 4.42. The van der Waals surface area contributed by atoms with E-state index in [-0.39, 0.29) is 10.5 Å². The molecule has 0 unspecified atom stereocenters. The van der Waals surface area contributed by atoms with Gasteiger partial charge in [0.25, 0.3) is 0 Å². The molecule has 0 aliphatic rings. The molecule has 1 heterocycles. The minimum Gasteiger partial charge on any atom is -0.0683 e. The van der Waals surface area contributed by atoms with Crippen molar-refractivity contribution < 1.29 is 0 Å². The molecule has 0 saturated heterocycles. The van der Waals surface area contributed by atoms with Gasteiger partial charge in [0, 0.05) is 21.2 Å². The molecule has 0 nitrogen and oxygen atoms in total. The number of thiophene rings is 1. The van der Waals surface area contributed by atoms with Crippen molar-refractivity contribution in [2.45, 2.75) is 62.3 Å². The summed E-state index contributed by atoms with van der Waals surface area (Å²) < 4.78 is 2.91. The van der Waals surface area contributed by atoms with Crippen LogP contribution in [0.3, 0.4) is 0 Å². The second-order valence-corrected chi connectivity index (χ2v) is 8.23. The molecule has 0 aliphatic heterocycles. The highest BCUT2D eigenvalue weighted by Crippen LogP contribution is 2.47. The van der Waals surface area contributed by atoms with Gasteiger partial charge in [0.2, 0.25) is 0 Å². The Hall–Kier alpha value is -2.90. The van der Waals surface area contributed by atoms with Gasteiger partial charge in [-0.2, -0.15) is 0 Å². The molecule has 1 aromatic heterocycles. The van der Waals surface area contributed by atoms with Gasteiger partial charge in [-0.05, 0) is 43.3 Å². The number of aryl methyl sites for hydroxylation is 1. The van der Waals surface area contributed by atoms with Gasteiger partial charge in [-0.3, -0.25) is 0 Å². The summed E-state index contributed by atoms with van der Waals surface area (Å²) in [4.78, 5) is 1.40. The van der Waals surface area contributed by atoms with Crippen molar-refractivity contribution in [3.63, 3.8) is 0 Å². The van der Waals surface area contributed by atoms with E-state index in [9.17, 15) is 0 Å². The molecule has 0 N–H and O–H groups in total. The van der Waals surface area contributed by atoms with Gasteiger partial charge in [-0.25, -0.2) is 0 Å². The first kappa shape index (κ1) is 31.1. The standard InChI is InChI=1S/C18H13S.C7H8.4C2H6/c1-2-8-14(9-3-1)19-17-12-6-4-10-15(17)16-11-5-7-13-18(16)19;1-7-5-3-2-4-6-7;4*1-2/h1-13H;2-6H,1H3;4*1-2H3/q+1;;;;;. The van der Waals surface area contributed by atoms with Crippen LogP contribution < -0.4 is 0 Å². The Morgan fingerprint density at radius 2 is 0.706 bits per heavy atom. The van der Waals surface area contributed by atoms with Crippen molar-refractivity contribution in [1.82, 2.24) is 0 Å². The lowest BCUT2D eigenvalue weighted by Gasteiger charge is -1.91. The van der Waals surface area contributed by atoms with Crippen LogP contribution in [0.25, 0.3) is 25.1 Å². The Morgan fingerprint density at radius 3 is 1.06 bits per heavy atom. The number of hydrogen-bond acceptors (Lipinski definition) is 0. The van der Waals surface area contributed by atoms with Gasteiger partial charge in [0.1, 0.15) is 0 Å². The first-order valence-electron chi connectivity index (χ1n) is 12.8. The Bertz CT molecular complexity index is 1070. The molecule has 0 fully saturated rings. The van der Waals surface area contributed by atoms with Crippen molar-refractivity contribution in [1.29, 1.82) is 0 Å². The van der Waals surface area contributed by atoms with Gasteiger partial charge < -0.3 is 0 Å². The fourth-order valence-electron chi connectivity index (χ4n) is 3.20. The van der Waals surface area contributed by atoms with Crippen LogP contribution in [0.2, 0.25) is 0 Å². The Morgan fingerprint density at radius 1 is 0.382 bits per heavy atom. The summed E-state index contributed by atoms with van der Waals surface area (Å²) in [6.07, 6.45) is 0. The topological polar surface area (TPSA) is 0 Å². The fraction of sp³-hybridized carbons (Fsp3) is 0.273. The summed E-state index contributed by atoms with van der Waals surface area (Å²) in [6, 6.07) is 38.7. The van der Waals surface area contributed by atoms with E-state index in [2.05, 4.69) is 97.9 Å². The molecule has 5 aromatic rings. The highest BCUT2D eigenvalue weighted by Gasteiger charge is 2.22. The van der Waals surface area contributed by atoms with E-state index in [4.69, 9.17) is 0 Å². The summed E-state index contributed by atoms with van der Waals surface area (Å²) >= 11 is 0. The van der Waals surface area contributed by atoms with Gasteiger partial charge in [-0.1, -0.05) is 134 Å². The average molecular weight is 474 g/mol. The summed E-state index contributed by atoms with van der Waals surface area (Å²) in [6.45, 7) is 18.1. The van der Waals surface area contributed by atoms with Crippen LogP contribution >= 0.6 is 10.5 Å². The minimum absolute atomic E-state index is 0.0594. The van der Waals surface area contributed by atoms with Gasteiger partial charge in [-0.15, -0.1) is 0 Å². The molecule has 1 heteroatoms. The molecule has 0 saturated carbocycles. The summed E-state index contributed by atoms with van der Waals surface area (Å²) in [7, 11) is 0.0594. The molecule has 0 atom stereocenters. The van der Waals surface area contributed by atoms with Crippen LogP contribution in [-0.4, -0.2) is 0 Å². The number of rotatable bonds is 1. The van der Waals surface area contributed by atoms with Crippen LogP contribution in [0.4, 0.5) is 0 Å². The SMILES string of the molecule is CC.CC.CC.CC.Cc1ccccc1.c1ccc(-[s+]2c3ccccc3c3ccccc32)cc1. The molecule has 0 aliphatic carbocycles. The van der Waals surface area contributed by atoms with Gasteiger partial charge in [0.05, 0.1) is 0 Å². The molecule has 0 bridgehead atoms. The van der Waals surface area contributed by atoms with Crippen LogP contribution in [0.5, 0.6) is 0 Å². The van der Waals surface area contributed by atoms with E-state index < -0.39 is 0 Å². The zero-order chi connectivity index (χ0) is 25.8. The van der Waals surface area contributed by atoms with E-state index in [1.54, 1.807) is 0 Å². The van der Waals surface area contributed by atoms with Crippen LogP contribution in [0.15, 0.2) is 109 Å². The quantitative estimate of drug-likeness (QED) is 0.212. The maximum atomic E-state index is 2.27. The molecular formula is C33H45S+. The lowest BCUT2D eigenvalue weighted by atomic mass is 10.2. The summed E-state index contributed by atoms with van der Waals surface area (Å²) in [5.74, 6) is 0. The van der Waals surface area contributed by atoms with Crippen molar-refractivity contribution >= 4 is 30.6 Å². The Labute approximate surface area is 212 Å². The smallest absolute Gasteiger partial charge is 0.0683 e. The normalized spacial score (nSPS) is 8.74. The van der Waals surface area contributed by atoms with E-state index >= 15 is 0 Å². The highest BCUT2D eigenvalue weighted by molar-refractivity contribution is 7.50. The van der Waals surface area contributed by atoms with Crippen molar-refractivity contribution in [3.8, 4) is 4.90 Å². The molecule has 0 spiro atoms. The van der Waals surface area contributed by atoms with Crippen LogP contribution in [-0.2, 0) is 0 Å². The Kier molecular flexibility index (Phi) is 17.9. The maximum absolute atomic E-state index is 2.27. The third-order valence-corrected chi connectivity index (χ3v) is 6.76. The van der Waals surface area contributed by atoms with Gasteiger partial charge >= 0.3 is 0 Å². The highest BCUT2D eigenvalue weighted by atomic mass is 32.2. The number of fused-ring (bicyclic) bond motifs is 3. The minimum atomic E-state index is 0.0594. The molecule has 5 rings (SSSR count). The van der Waals surface area contributed by atoms with E-state index in [1.807, 2.05) is 73.6 Å². The molecule has 0 amide bonds. The van der Waals surface area contributed by atoms with Gasteiger partial charge in [0.15, 0.2) is 14.3 Å². The van der Waals surface area contributed by atoms with E-state index in [1.165, 1.54) is 30.6 Å². The molecule has 34 heavy (non-hydrogen) atoms. The lowest BCUT2D eigenvalue weighted by Crippen LogP contribution is -1.68. The maximum Gasteiger partial charge on any atom is 0.187 e. The molecule has 0 radical (unpaired) electrons. The number of benzene rings is 4. The second-order valence-electron chi connectivity index (χ2n) is 6.27. The zero-order valence-corrected chi connectivity index (χ0v) is 23.6. The van der Waals surface area contributed by atoms with Crippen molar-refractivity contribution in [2.24, 2.45) is 0 Å². The third kappa shape index (κ3) is 8.80.